The monoisotopic (exact) mass is 169 g/mol. The summed E-state index contributed by atoms with van der Waals surface area (Å²) in [5, 5.41) is 6.06. The van der Waals surface area contributed by atoms with E-state index in [0.29, 0.717) is 12.1 Å². The second-order valence-corrected chi connectivity index (χ2v) is 3.79. The van der Waals surface area contributed by atoms with Crippen LogP contribution in [0.5, 0.6) is 0 Å². The standard InChI is InChI=1S/C8H15N3O/c9-6-1-7(2-6)11-8(12)5-3-10-4-5/h5-7,10H,1-4,9H2,(H,11,12). The molecule has 1 aliphatic heterocycles. The highest BCUT2D eigenvalue weighted by atomic mass is 16.2. The number of hydrogen-bond donors (Lipinski definition) is 3. The molecule has 12 heavy (non-hydrogen) atoms. The Labute approximate surface area is 71.9 Å². The summed E-state index contributed by atoms with van der Waals surface area (Å²) in [5.74, 6) is 0.410. The third-order valence-electron chi connectivity index (χ3n) is 2.67. The Morgan fingerprint density at radius 2 is 2.08 bits per heavy atom. The maximum atomic E-state index is 11.3. The van der Waals surface area contributed by atoms with Crippen LogP contribution in [0.25, 0.3) is 0 Å². The number of nitrogens with one attached hydrogen (secondary N) is 2. The highest BCUT2D eigenvalue weighted by Gasteiger charge is 2.31. The Bertz CT molecular complexity index is 185. The second-order valence-electron chi connectivity index (χ2n) is 3.79. The molecular weight excluding hydrogens is 154 g/mol. The minimum Gasteiger partial charge on any atom is -0.353 e. The minimum absolute atomic E-state index is 0.200. The lowest BCUT2D eigenvalue weighted by atomic mass is 9.87. The molecule has 2 fully saturated rings. The van der Waals surface area contributed by atoms with Crippen LogP contribution in [0.2, 0.25) is 0 Å². The van der Waals surface area contributed by atoms with Gasteiger partial charge >= 0.3 is 0 Å². The molecule has 1 aliphatic carbocycles. The van der Waals surface area contributed by atoms with Crippen LogP contribution in [0.15, 0.2) is 0 Å². The summed E-state index contributed by atoms with van der Waals surface area (Å²) in [5.41, 5.74) is 5.60. The summed E-state index contributed by atoms with van der Waals surface area (Å²) in [6.45, 7) is 1.68. The van der Waals surface area contributed by atoms with Crippen LogP contribution in [-0.2, 0) is 4.79 Å². The Morgan fingerprint density at radius 1 is 1.42 bits per heavy atom. The molecule has 4 heteroatoms. The Balaban J connectivity index is 1.69. The van der Waals surface area contributed by atoms with Crippen molar-refractivity contribution in [1.29, 1.82) is 0 Å². The van der Waals surface area contributed by atoms with Gasteiger partial charge in [-0.15, -0.1) is 0 Å². The van der Waals surface area contributed by atoms with Crippen LogP contribution in [0, 0.1) is 5.92 Å². The van der Waals surface area contributed by atoms with Crippen molar-refractivity contribution in [2.24, 2.45) is 11.7 Å². The first-order valence-corrected chi connectivity index (χ1v) is 4.52. The molecular formula is C8H15N3O. The first kappa shape index (κ1) is 8.01. The van der Waals surface area contributed by atoms with Crippen molar-refractivity contribution >= 4 is 5.91 Å². The third-order valence-corrected chi connectivity index (χ3v) is 2.67. The lowest BCUT2D eigenvalue weighted by Gasteiger charge is -2.35. The Hall–Kier alpha value is -0.610. The van der Waals surface area contributed by atoms with Gasteiger partial charge in [0.2, 0.25) is 5.91 Å². The zero-order valence-corrected chi connectivity index (χ0v) is 7.05. The van der Waals surface area contributed by atoms with Crippen molar-refractivity contribution in [2.75, 3.05) is 13.1 Å². The molecule has 68 valence electrons. The van der Waals surface area contributed by atoms with Gasteiger partial charge in [0.15, 0.2) is 0 Å². The van der Waals surface area contributed by atoms with E-state index in [2.05, 4.69) is 10.6 Å². The molecule has 1 saturated carbocycles. The molecule has 2 aliphatic rings. The number of carbonyl (C=O) groups excluding carboxylic acids is 1. The van der Waals surface area contributed by atoms with Gasteiger partial charge in [0.1, 0.15) is 0 Å². The topological polar surface area (TPSA) is 67.1 Å². The molecule has 0 unspecified atom stereocenters. The summed E-state index contributed by atoms with van der Waals surface area (Å²) in [6, 6.07) is 0.669. The van der Waals surface area contributed by atoms with Gasteiger partial charge in [0, 0.05) is 25.2 Å². The van der Waals surface area contributed by atoms with E-state index in [1.54, 1.807) is 0 Å². The summed E-state index contributed by atoms with van der Waals surface area (Å²) < 4.78 is 0. The van der Waals surface area contributed by atoms with Crippen molar-refractivity contribution in [3.8, 4) is 0 Å². The van der Waals surface area contributed by atoms with Gasteiger partial charge in [-0.3, -0.25) is 4.79 Å². The quantitative estimate of drug-likeness (QED) is 0.487. The number of rotatable bonds is 2. The van der Waals surface area contributed by atoms with Crippen molar-refractivity contribution < 1.29 is 4.79 Å². The van der Waals surface area contributed by atoms with E-state index < -0.39 is 0 Å². The van der Waals surface area contributed by atoms with E-state index in [4.69, 9.17) is 5.73 Å². The van der Waals surface area contributed by atoms with Crippen molar-refractivity contribution in [3.05, 3.63) is 0 Å². The summed E-state index contributed by atoms with van der Waals surface area (Å²) in [4.78, 5) is 11.3. The zero-order valence-electron chi connectivity index (χ0n) is 7.05. The molecule has 1 amide bonds. The molecule has 2 rings (SSSR count). The zero-order chi connectivity index (χ0) is 8.55. The van der Waals surface area contributed by atoms with Crippen LogP contribution in [0.4, 0.5) is 0 Å². The average Bonchev–Trinajstić information content (AvgIpc) is 1.79. The highest BCUT2D eigenvalue weighted by Crippen LogP contribution is 2.18. The van der Waals surface area contributed by atoms with E-state index in [9.17, 15) is 4.79 Å². The van der Waals surface area contributed by atoms with Crippen molar-refractivity contribution in [1.82, 2.24) is 10.6 Å². The van der Waals surface area contributed by atoms with Gasteiger partial charge in [0.05, 0.1) is 5.92 Å². The fourth-order valence-electron chi connectivity index (χ4n) is 1.57. The van der Waals surface area contributed by atoms with Gasteiger partial charge in [-0.05, 0) is 12.8 Å². The predicted octanol–water partition coefficient (Wildman–Crippen LogP) is -1.19. The van der Waals surface area contributed by atoms with E-state index in [0.717, 1.165) is 25.9 Å². The van der Waals surface area contributed by atoms with E-state index in [-0.39, 0.29) is 11.8 Å². The van der Waals surface area contributed by atoms with Crippen LogP contribution < -0.4 is 16.4 Å². The number of carbonyl (C=O) groups is 1. The van der Waals surface area contributed by atoms with E-state index >= 15 is 0 Å². The maximum absolute atomic E-state index is 11.3. The van der Waals surface area contributed by atoms with Crippen LogP contribution in [0.3, 0.4) is 0 Å². The molecule has 4 nitrogen and oxygen atoms in total. The normalized spacial score (nSPS) is 35.1. The molecule has 0 aromatic carbocycles. The molecule has 0 aromatic rings. The van der Waals surface area contributed by atoms with Gasteiger partial charge in [-0.1, -0.05) is 0 Å². The second kappa shape index (κ2) is 3.03. The molecule has 4 N–H and O–H groups in total. The van der Waals surface area contributed by atoms with Gasteiger partial charge in [-0.2, -0.15) is 0 Å². The third kappa shape index (κ3) is 1.44. The van der Waals surface area contributed by atoms with Crippen LogP contribution >= 0.6 is 0 Å². The first-order chi connectivity index (χ1) is 5.75. The summed E-state index contributed by atoms with van der Waals surface area (Å²) in [7, 11) is 0. The molecule has 0 atom stereocenters. The van der Waals surface area contributed by atoms with Crippen molar-refractivity contribution in [2.45, 2.75) is 24.9 Å². The largest absolute Gasteiger partial charge is 0.353 e. The maximum Gasteiger partial charge on any atom is 0.225 e. The molecule has 0 spiro atoms. The number of nitrogens with two attached hydrogens (primary N) is 1. The molecule has 1 heterocycles. The van der Waals surface area contributed by atoms with E-state index in [1.165, 1.54) is 0 Å². The van der Waals surface area contributed by atoms with Gasteiger partial charge in [0.25, 0.3) is 0 Å². The number of hydrogen-bond acceptors (Lipinski definition) is 3. The van der Waals surface area contributed by atoms with E-state index in [1.807, 2.05) is 0 Å². The number of amides is 1. The first-order valence-electron chi connectivity index (χ1n) is 4.52. The molecule has 0 radical (unpaired) electrons. The van der Waals surface area contributed by atoms with Gasteiger partial charge < -0.3 is 16.4 Å². The Morgan fingerprint density at radius 3 is 2.50 bits per heavy atom. The lowest BCUT2D eigenvalue weighted by molar-refractivity contribution is -0.127. The molecule has 1 saturated heterocycles. The minimum atomic E-state index is 0.200. The fourth-order valence-corrected chi connectivity index (χ4v) is 1.57. The predicted molar refractivity (Wildman–Crippen MR) is 45.5 cm³/mol. The summed E-state index contributed by atoms with van der Waals surface area (Å²) >= 11 is 0. The summed E-state index contributed by atoms with van der Waals surface area (Å²) in [6.07, 6.45) is 1.90. The average molecular weight is 169 g/mol. The smallest absolute Gasteiger partial charge is 0.225 e. The van der Waals surface area contributed by atoms with Crippen LogP contribution in [0.1, 0.15) is 12.8 Å². The SMILES string of the molecule is NC1CC(NC(=O)C2CNC2)C1. The van der Waals surface area contributed by atoms with Gasteiger partial charge in [-0.25, -0.2) is 0 Å². The lowest BCUT2D eigenvalue weighted by Crippen LogP contribution is -2.56. The van der Waals surface area contributed by atoms with Crippen molar-refractivity contribution in [3.63, 3.8) is 0 Å². The Kier molecular flexibility index (Phi) is 2.02. The molecule has 0 aromatic heterocycles. The highest BCUT2D eigenvalue weighted by molar-refractivity contribution is 5.80. The molecule has 0 bridgehead atoms. The van der Waals surface area contributed by atoms with Crippen LogP contribution in [-0.4, -0.2) is 31.1 Å². The fraction of sp³-hybridized carbons (Fsp3) is 0.875.